The Morgan fingerprint density at radius 2 is 1.36 bits per heavy atom. The normalized spacial score (nSPS) is 11.7. The molecule has 0 fully saturated rings. The fraction of sp³-hybridized carbons (Fsp3) is 0.182. The molecule has 0 bridgehead atoms. The molecule has 39 heavy (non-hydrogen) atoms. The first-order valence-electron chi connectivity index (χ1n) is 12.8. The van der Waals surface area contributed by atoms with Crippen molar-refractivity contribution in [3.05, 3.63) is 125 Å². The van der Waals surface area contributed by atoms with Gasteiger partial charge in [-0.25, -0.2) is 0 Å². The molecule has 0 aromatic heterocycles. The fourth-order valence-electron chi connectivity index (χ4n) is 3.90. The van der Waals surface area contributed by atoms with E-state index in [1.165, 1.54) is 6.92 Å². The van der Waals surface area contributed by atoms with Crippen LogP contribution in [0.25, 0.3) is 6.08 Å². The Morgan fingerprint density at radius 1 is 0.769 bits per heavy atom. The summed E-state index contributed by atoms with van der Waals surface area (Å²) in [5, 5.41) is 11.1. The molecular formula is C33H32O6. The summed E-state index contributed by atoms with van der Waals surface area (Å²) < 4.78 is 23.0. The van der Waals surface area contributed by atoms with Crippen LogP contribution in [0.1, 0.15) is 42.2 Å². The van der Waals surface area contributed by atoms with E-state index in [9.17, 15) is 9.90 Å². The molecule has 0 amide bonds. The molecular weight excluding hydrogens is 492 g/mol. The Hall–Kier alpha value is -4.55. The second-order valence-corrected chi connectivity index (χ2v) is 8.78. The van der Waals surface area contributed by atoms with Gasteiger partial charge in [0.25, 0.3) is 0 Å². The Morgan fingerprint density at radius 3 is 2.00 bits per heavy atom. The van der Waals surface area contributed by atoms with Crippen LogP contribution >= 0.6 is 0 Å². The number of carbonyl (C=O) groups excluding carboxylic acids is 1. The van der Waals surface area contributed by atoms with Crippen LogP contribution in [-0.2, 0) is 18.0 Å². The zero-order valence-corrected chi connectivity index (χ0v) is 22.1. The van der Waals surface area contributed by atoms with Gasteiger partial charge in [-0.3, -0.25) is 4.79 Å². The minimum atomic E-state index is -0.981. The van der Waals surface area contributed by atoms with Crippen molar-refractivity contribution in [3.63, 3.8) is 0 Å². The Kier molecular flexibility index (Phi) is 9.75. The Balaban J connectivity index is 1.53. The molecule has 1 atom stereocenters. The lowest BCUT2D eigenvalue weighted by Crippen LogP contribution is -2.04. The molecule has 6 nitrogen and oxygen atoms in total. The van der Waals surface area contributed by atoms with Gasteiger partial charge in [-0.1, -0.05) is 72.8 Å². The molecule has 0 saturated carbocycles. The zero-order valence-electron chi connectivity index (χ0n) is 22.1. The zero-order chi connectivity index (χ0) is 27.5. The molecule has 6 heteroatoms. The molecule has 200 valence electrons. The second-order valence-electron chi connectivity index (χ2n) is 8.78. The van der Waals surface area contributed by atoms with Gasteiger partial charge < -0.3 is 24.1 Å². The molecule has 4 rings (SSSR count). The molecule has 0 heterocycles. The minimum absolute atomic E-state index is 0.337. The van der Waals surface area contributed by atoms with Crippen molar-refractivity contribution in [1.82, 2.24) is 0 Å². The molecule has 4 aromatic carbocycles. The second kappa shape index (κ2) is 13.8. The summed E-state index contributed by atoms with van der Waals surface area (Å²) in [6.07, 6.45) is 2.35. The molecule has 0 radical (unpaired) electrons. The quantitative estimate of drug-likeness (QED) is 0.160. The largest absolute Gasteiger partial charge is 0.494 e. The number of hydrogen-bond donors (Lipinski definition) is 1. The van der Waals surface area contributed by atoms with E-state index in [2.05, 4.69) is 0 Å². The maximum Gasteiger partial charge on any atom is 0.308 e. The van der Waals surface area contributed by atoms with Gasteiger partial charge in [0.05, 0.1) is 6.61 Å². The molecule has 0 saturated heterocycles. The van der Waals surface area contributed by atoms with Crippen molar-refractivity contribution < 1.29 is 28.8 Å². The van der Waals surface area contributed by atoms with Crippen molar-refractivity contribution in [2.75, 3.05) is 6.61 Å². The van der Waals surface area contributed by atoms with Crippen LogP contribution in [-0.4, -0.2) is 17.7 Å². The highest BCUT2D eigenvalue weighted by atomic mass is 16.5. The monoisotopic (exact) mass is 524 g/mol. The highest BCUT2D eigenvalue weighted by Gasteiger charge is 2.14. The lowest BCUT2D eigenvalue weighted by atomic mass is 10.1. The predicted octanol–water partition coefficient (Wildman–Crippen LogP) is 6.92. The summed E-state index contributed by atoms with van der Waals surface area (Å²) in [5.41, 5.74) is 3.24. The van der Waals surface area contributed by atoms with E-state index in [-0.39, 0.29) is 0 Å². The van der Waals surface area contributed by atoms with Gasteiger partial charge in [-0.05, 0) is 42.3 Å². The maximum atomic E-state index is 11.8. The number of rotatable bonds is 12. The van der Waals surface area contributed by atoms with Gasteiger partial charge in [-0.15, -0.1) is 0 Å². The first-order chi connectivity index (χ1) is 19.0. The fourth-order valence-corrected chi connectivity index (χ4v) is 3.90. The standard InChI is InChI=1S/C33H32O6/c1-3-36-28-17-18-30(33(21-28)38-23-26-12-8-5-9-13-26)31(35)19-15-27-14-16-29(20-32(27)39-24(2)34)37-22-25-10-6-4-7-11-25/h4-21,31,35H,3,22-23H2,1-2H3. The van der Waals surface area contributed by atoms with E-state index in [1.807, 2.05) is 67.6 Å². The number of carbonyl (C=O) groups is 1. The van der Waals surface area contributed by atoms with Crippen LogP contribution in [0.5, 0.6) is 23.0 Å². The van der Waals surface area contributed by atoms with Crippen LogP contribution in [0.2, 0.25) is 0 Å². The third-order valence-electron chi connectivity index (χ3n) is 5.80. The smallest absolute Gasteiger partial charge is 0.308 e. The Bertz CT molecular complexity index is 1380. The van der Waals surface area contributed by atoms with Crippen molar-refractivity contribution in [2.45, 2.75) is 33.2 Å². The molecule has 1 unspecified atom stereocenters. The summed E-state index contributed by atoms with van der Waals surface area (Å²) in [4.78, 5) is 11.8. The van der Waals surface area contributed by atoms with Crippen LogP contribution in [0.4, 0.5) is 0 Å². The predicted molar refractivity (Wildman–Crippen MR) is 151 cm³/mol. The van der Waals surface area contributed by atoms with E-state index in [0.717, 1.165) is 11.1 Å². The summed E-state index contributed by atoms with van der Waals surface area (Å²) >= 11 is 0. The summed E-state index contributed by atoms with van der Waals surface area (Å²) in [6.45, 7) is 4.51. The lowest BCUT2D eigenvalue weighted by Gasteiger charge is -2.16. The third kappa shape index (κ3) is 8.22. The molecule has 1 N–H and O–H groups in total. The highest BCUT2D eigenvalue weighted by molar-refractivity contribution is 5.72. The van der Waals surface area contributed by atoms with Crippen LogP contribution < -0.4 is 18.9 Å². The number of esters is 1. The van der Waals surface area contributed by atoms with Gasteiger partial charge in [-0.2, -0.15) is 0 Å². The number of aliphatic hydroxyl groups is 1. The number of hydrogen-bond acceptors (Lipinski definition) is 6. The van der Waals surface area contributed by atoms with Crippen molar-refractivity contribution in [2.24, 2.45) is 0 Å². The number of benzene rings is 4. The van der Waals surface area contributed by atoms with Crippen LogP contribution in [0.3, 0.4) is 0 Å². The van der Waals surface area contributed by atoms with Crippen LogP contribution in [0.15, 0.2) is 103 Å². The maximum absolute atomic E-state index is 11.8. The van der Waals surface area contributed by atoms with E-state index in [0.29, 0.717) is 53.9 Å². The minimum Gasteiger partial charge on any atom is -0.494 e. The van der Waals surface area contributed by atoms with Gasteiger partial charge in [0.1, 0.15) is 42.3 Å². The van der Waals surface area contributed by atoms with Gasteiger partial charge in [0.15, 0.2) is 0 Å². The van der Waals surface area contributed by atoms with Crippen LogP contribution in [0, 0.1) is 0 Å². The van der Waals surface area contributed by atoms with E-state index in [1.54, 1.807) is 48.6 Å². The average Bonchev–Trinajstić information content (AvgIpc) is 2.95. The van der Waals surface area contributed by atoms with E-state index in [4.69, 9.17) is 18.9 Å². The summed E-state index contributed by atoms with van der Waals surface area (Å²) in [5.74, 6) is 1.63. The number of aliphatic hydroxyl groups excluding tert-OH is 1. The molecule has 0 aliphatic heterocycles. The Labute approximate surface area is 229 Å². The highest BCUT2D eigenvalue weighted by Crippen LogP contribution is 2.33. The third-order valence-corrected chi connectivity index (χ3v) is 5.80. The topological polar surface area (TPSA) is 74.2 Å². The van der Waals surface area contributed by atoms with E-state index < -0.39 is 12.1 Å². The first kappa shape index (κ1) is 27.5. The van der Waals surface area contributed by atoms with Gasteiger partial charge >= 0.3 is 5.97 Å². The average molecular weight is 525 g/mol. The van der Waals surface area contributed by atoms with Crippen molar-refractivity contribution >= 4 is 12.0 Å². The summed E-state index contributed by atoms with van der Waals surface area (Å²) in [7, 11) is 0. The number of ether oxygens (including phenoxy) is 4. The summed E-state index contributed by atoms with van der Waals surface area (Å²) in [6, 6.07) is 30.2. The van der Waals surface area contributed by atoms with Crippen molar-refractivity contribution in [1.29, 1.82) is 0 Å². The van der Waals surface area contributed by atoms with Gasteiger partial charge in [0.2, 0.25) is 0 Å². The molecule has 0 aliphatic rings. The first-order valence-corrected chi connectivity index (χ1v) is 12.8. The molecule has 0 spiro atoms. The molecule has 4 aromatic rings. The van der Waals surface area contributed by atoms with Crippen molar-refractivity contribution in [3.8, 4) is 23.0 Å². The van der Waals surface area contributed by atoms with Gasteiger partial charge in [0, 0.05) is 30.2 Å². The molecule has 0 aliphatic carbocycles. The van der Waals surface area contributed by atoms with E-state index >= 15 is 0 Å². The SMILES string of the molecule is CCOc1ccc(C(O)C=Cc2ccc(OCc3ccccc3)cc2OC(C)=O)c(OCc2ccccc2)c1. The lowest BCUT2D eigenvalue weighted by molar-refractivity contribution is -0.131.